The number of rotatable bonds is 20. The summed E-state index contributed by atoms with van der Waals surface area (Å²) in [6.45, 7) is 7.19. The highest BCUT2D eigenvalue weighted by Crippen LogP contribution is 2.22. The summed E-state index contributed by atoms with van der Waals surface area (Å²) < 4.78 is 16.3. The molecule has 316 valence electrons. The summed E-state index contributed by atoms with van der Waals surface area (Å²) in [6, 6.07) is 16.0. The average Bonchev–Trinajstić information content (AvgIpc) is 3.21. The Balaban J connectivity index is 1.92. The van der Waals surface area contributed by atoms with Crippen molar-refractivity contribution in [2.45, 2.75) is 83.6 Å². The molecule has 0 heterocycles. The molecule has 14 nitrogen and oxygen atoms in total. The molecule has 58 heavy (non-hydrogen) atoms. The number of esters is 2. The van der Waals surface area contributed by atoms with Crippen LogP contribution in [0.1, 0.15) is 50.8 Å². The van der Waals surface area contributed by atoms with Gasteiger partial charge in [0.25, 0.3) is 11.7 Å². The molecule has 0 spiro atoms. The number of methoxy groups -OCH3 is 2. The Morgan fingerprint density at radius 1 is 0.690 bits per heavy atom. The van der Waals surface area contributed by atoms with E-state index < -0.39 is 71.8 Å². The fourth-order valence-electron chi connectivity index (χ4n) is 6.44. The minimum Gasteiger partial charge on any atom is -0.593 e. The van der Waals surface area contributed by atoms with E-state index in [2.05, 4.69) is 5.32 Å². The van der Waals surface area contributed by atoms with Crippen molar-refractivity contribution in [2.75, 3.05) is 42.4 Å². The first kappa shape index (κ1) is 46.8. The predicted octanol–water partition coefficient (Wildman–Crippen LogP) is 3.72. The van der Waals surface area contributed by atoms with Gasteiger partial charge in [0.05, 0.1) is 14.2 Å². The van der Waals surface area contributed by atoms with Crippen molar-refractivity contribution < 1.29 is 48.4 Å². The normalized spacial score (nSPS) is 14.3. The van der Waals surface area contributed by atoms with E-state index in [4.69, 9.17) is 19.3 Å². The lowest BCUT2D eigenvalue weighted by Crippen LogP contribution is -2.59. The van der Waals surface area contributed by atoms with Gasteiger partial charge in [0.1, 0.15) is 35.7 Å². The molecule has 0 saturated heterocycles. The summed E-state index contributed by atoms with van der Waals surface area (Å²) in [4.78, 5) is 74.3. The number of hydrogen-bond donors (Lipinski definition) is 2. The molecule has 0 bridgehead atoms. The van der Waals surface area contributed by atoms with Gasteiger partial charge in [-0.25, -0.2) is 4.79 Å². The molecule has 0 saturated carbocycles. The molecule has 0 fully saturated rings. The summed E-state index contributed by atoms with van der Waals surface area (Å²) in [5.41, 5.74) is 2.20. The van der Waals surface area contributed by atoms with E-state index in [-0.39, 0.29) is 18.6 Å². The van der Waals surface area contributed by atoms with Crippen LogP contribution in [0.4, 0.5) is 0 Å². The molecule has 3 aromatic rings. The molecular formula is C44H61N4O10+. The molecule has 0 aliphatic heterocycles. The molecule has 3 aromatic carbocycles. The fourth-order valence-corrected chi connectivity index (χ4v) is 6.44. The van der Waals surface area contributed by atoms with E-state index in [1.165, 1.54) is 43.1 Å². The van der Waals surface area contributed by atoms with Crippen LogP contribution in [0.2, 0.25) is 0 Å². The molecule has 0 aliphatic rings. The minimum absolute atomic E-state index is 0.0130. The van der Waals surface area contributed by atoms with Gasteiger partial charge in [-0.1, -0.05) is 52.0 Å². The SMILES string of the molecule is CC[C@H](C)[C@H](OC(=O)[C@@H](Cc1ccc(OC)cc1)N(C)C)C(=O)N[C@H](C(=O)N(C)[C@@H](Cc1ccc(O)cc1)C(=O)N(C)[C@@H](Cc1ccc([OH2+])cc1)C(=O)OC)C(C)C. The Kier molecular flexibility index (Phi) is 17.5. The fraction of sp³-hybridized carbons (Fsp3) is 0.477. The second-order valence-electron chi connectivity index (χ2n) is 15.2. The number of carbonyl (C=O) groups excluding carboxylic acids is 5. The van der Waals surface area contributed by atoms with Crippen LogP contribution in [0.5, 0.6) is 17.2 Å². The first-order valence-electron chi connectivity index (χ1n) is 19.4. The monoisotopic (exact) mass is 805 g/mol. The van der Waals surface area contributed by atoms with Crippen LogP contribution in [0.25, 0.3) is 0 Å². The summed E-state index contributed by atoms with van der Waals surface area (Å²) in [5, 5.41) is 20.6. The molecule has 14 heteroatoms. The predicted molar refractivity (Wildman–Crippen MR) is 220 cm³/mol. The van der Waals surface area contributed by atoms with Gasteiger partial charge in [-0.2, -0.15) is 0 Å². The highest BCUT2D eigenvalue weighted by Gasteiger charge is 2.40. The zero-order valence-corrected chi connectivity index (χ0v) is 35.4. The lowest BCUT2D eigenvalue weighted by molar-refractivity contribution is -0.164. The van der Waals surface area contributed by atoms with Gasteiger partial charge in [-0.3, -0.25) is 24.1 Å². The zero-order chi connectivity index (χ0) is 43.3. The van der Waals surface area contributed by atoms with E-state index >= 15 is 0 Å². The molecule has 6 atom stereocenters. The highest BCUT2D eigenvalue weighted by molar-refractivity contribution is 5.95. The van der Waals surface area contributed by atoms with E-state index in [1.807, 2.05) is 19.1 Å². The maximum Gasteiger partial charge on any atom is 0.328 e. The molecule has 0 radical (unpaired) electrons. The van der Waals surface area contributed by atoms with Crippen molar-refractivity contribution >= 4 is 29.7 Å². The van der Waals surface area contributed by atoms with Gasteiger partial charge in [-0.15, -0.1) is 0 Å². The second kappa shape index (κ2) is 21.8. The smallest absolute Gasteiger partial charge is 0.328 e. The quantitative estimate of drug-likeness (QED) is 0.126. The van der Waals surface area contributed by atoms with Crippen LogP contribution in [0.15, 0.2) is 72.8 Å². The number of benzene rings is 3. The van der Waals surface area contributed by atoms with Crippen molar-refractivity contribution in [3.63, 3.8) is 0 Å². The molecule has 0 aromatic heterocycles. The minimum atomic E-state index is -1.22. The third-order valence-electron chi connectivity index (χ3n) is 10.5. The number of carbonyl (C=O) groups is 5. The summed E-state index contributed by atoms with van der Waals surface area (Å²) in [7, 11) is 9.25. The molecular weight excluding hydrogens is 745 g/mol. The number of amides is 3. The van der Waals surface area contributed by atoms with Crippen molar-refractivity contribution in [3.05, 3.63) is 89.5 Å². The van der Waals surface area contributed by atoms with Crippen LogP contribution in [-0.2, 0) is 52.7 Å². The Morgan fingerprint density at radius 2 is 1.17 bits per heavy atom. The van der Waals surface area contributed by atoms with Gasteiger partial charge in [0, 0.05) is 45.0 Å². The maximum absolute atomic E-state index is 14.5. The largest absolute Gasteiger partial charge is 0.593 e. The van der Waals surface area contributed by atoms with Gasteiger partial charge >= 0.3 is 11.9 Å². The summed E-state index contributed by atoms with van der Waals surface area (Å²) in [6.07, 6.45) is -0.295. The lowest BCUT2D eigenvalue weighted by atomic mass is 9.96. The Morgan fingerprint density at radius 3 is 1.66 bits per heavy atom. The van der Waals surface area contributed by atoms with Crippen molar-refractivity contribution in [3.8, 4) is 17.2 Å². The topological polar surface area (TPSA) is 178 Å². The number of nitrogens with zero attached hydrogens (tertiary/aromatic N) is 3. The van der Waals surface area contributed by atoms with E-state index in [0.717, 1.165) is 5.56 Å². The molecule has 4 N–H and O–H groups in total. The number of aromatic hydroxyl groups is 1. The maximum atomic E-state index is 14.5. The van der Waals surface area contributed by atoms with Crippen LogP contribution in [-0.4, -0.2) is 127 Å². The van der Waals surface area contributed by atoms with Crippen LogP contribution in [0, 0.1) is 11.8 Å². The first-order chi connectivity index (χ1) is 27.4. The van der Waals surface area contributed by atoms with E-state index in [1.54, 1.807) is 95.4 Å². The van der Waals surface area contributed by atoms with E-state index in [0.29, 0.717) is 35.5 Å². The summed E-state index contributed by atoms with van der Waals surface area (Å²) in [5.74, 6) is -2.91. The molecule has 3 rings (SSSR count). The van der Waals surface area contributed by atoms with Gasteiger partial charge in [-0.05, 0) is 85.9 Å². The Hall–Kier alpha value is -5.63. The molecule has 0 unspecified atom stereocenters. The highest BCUT2D eigenvalue weighted by atomic mass is 16.6. The number of hydrogen-bond acceptors (Lipinski definition) is 10. The number of phenolic OH excluding ortho intramolecular Hbond substituents is 1. The number of nitrogens with one attached hydrogen (secondary N) is 1. The standard InChI is InChI=1S/C44H60N4O10/c1-11-28(4)39(58-44(55)36(46(5)6)25-31-16-22-34(56-9)23-17-31)40(51)45-38(27(2)3)42(53)47(7)35(24-29-12-18-32(49)19-13-29)41(52)48(8)37(43(54)57-10)26-30-14-20-33(50)21-15-30/h12-23,27-28,35-39,49-50H,11,24-26H2,1-10H3,(H,45,51)/p+1/t28-,35-,36+,37-,38-,39-/m0/s1. The van der Waals surface area contributed by atoms with Crippen molar-refractivity contribution in [1.82, 2.24) is 20.0 Å². The van der Waals surface area contributed by atoms with Gasteiger partial charge < -0.3 is 39.5 Å². The van der Waals surface area contributed by atoms with Crippen molar-refractivity contribution in [1.29, 1.82) is 0 Å². The number of phenols is 1. The summed E-state index contributed by atoms with van der Waals surface area (Å²) >= 11 is 0. The third kappa shape index (κ3) is 12.7. The number of ether oxygens (including phenoxy) is 3. The van der Waals surface area contributed by atoms with Crippen LogP contribution >= 0.6 is 0 Å². The van der Waals surface area contributed by atoms with Gasteiger partial charge in [0.2, 0.25) is 11.8 Å². The number of likely N-dealkylation sites (N-methyl/N-ethyl adjacent to an activating group) is 3. The first-order valence-corrected chi connectivity index (χ1v) is 19.4. The van der Waals surface area contributed by atoms with Crippen LogP contribution < -0.4 is 10.1 Å². The zero-order valence-electron chi connectivity index (χ0n) is 35.4. The Labute approximate surface area is 342 Å². The second-order valence-corrected chi connectivity index (χ2v) is 15.2. The molecule has 0 aliphatic carbocycles. The third-order valence-corrected chi connectivity index (χ3v) is 10.5. The lowest BCUT2D eigenvalue weighted by Gasteiger charge is -2.36. The van der Waals surface area contributed by atoms with Crippen molar-refractivity contribution in [2.24, 2.45) is 11.8 Å². The van der Waals surface area contributed by atoms with Crippen LogP contribution in [0.3, 0.4) is 0 Å². The Bertz CT molecular complexity index is 1820. The molecule has 3 amide bonds. The van der Waals surface area contributed by atoms with Gasteiger partial charge in [0.15, 0.2) is 6.10 Å². The average molecular weight is 806 g/mol. The van der Waals surface area contributed by atoms with E-state index in [9.17, 15) is 29.1 Å².